The van der Waals surface area contributed by atoms with Crippen LogP contribution in [0.4, 0.5) is 13.2 Å². The molecule has 20 heavy (non-hydrogen) atoms. The van der Waals surface area contributed by atoms with E-state index in [2.05, 4.69) is 5.10 Å². The van der Waals surface area contributed by atoms with E-state index in [1.165, 1.54) is 6.20 Å². The van der Waals surface area contributed by atoms with Crippen molar-refractivity contribution in [1.82, 2.24) is 9.78 Å². The fraction of sp³-hybridized carbons (Fsp3) is 0.308. The molecule has 0 spiro atoms. The van der Waals surface area contributed by atoms with E-state index in [4.69, 9.17) is 17.3 Å². The number of alkyl halides is 3. The minimum atomic E-state index is -4.48. The van der Waals surface area contributed by atoms with Gasteiger partial charge in [0, 0.05) is 12.2 Å². The van der Waals surface area contributed by atoms with Crippen LogP contribution in [0.1, 0.15) is 18.2 Å². The molecule has 0 amide bonds. The molecule has 1 unspecified atom stereocenters. The van der Waals surface area contributed by atoms with Gasteiger partial charge in [-0.2, -0.15) is 18.3 Å². The summed E-state index contributed by atoms with van der Waals surface area (Å²) in [5.41, 5.74) is 5.98. The Morgan fingerprint density at radius 2 is 2.05 bits per heavy atom. The lowest BCUT2D eigenvalue weighted by Gasteiger charge is -2.13. The summed E-state index contributed by atoms with van der Waals surface area (Å²) in [5, 5.41) is 3.88. The third-order valence-electron chi connectivity index (χ3n) is 2.72. The average Bonchev–Trinajstić information content (AvgIpc) is 2.77. The first kappa shape index (κ1) is 14.9. The predicted octanol–water partition coefficient (Wildman–Crippen LogP) is 3.43. The fourth-order valence-corrected chi connectivity index (χ4v) is 2.21. The second-order valence-corrected chi connectivity index (χ2v) is 4.98. The van der Waals surface area contributed by atoms with E-state index in [1.54, 1.807) is 18.2 Å². The zero-order chi connectivity index (χ0) is 14.9. The first-order valence-corrected chi connectivity index (χ1v) is 6.33. The Hall–Kier alpha value is -1.53. The van der Waals surface area contributed by atoms with Gasteiger partial charge in [-0.1, -0.05) is 23.7 Å². The lowest BCUT2D eigenvalue weighted by Crippen LogP contribution is -2.19. The van der Waals surface area contributed by atoms with E-state index in [0.29, 0.717) is 17.1 Å². The second-order valence-electron chi connectivity index (χ2n) is 4.57. The molecule has 0 aliphatic heterocycles. The number of rotatable bonds is 3. The standard InChI is InChI=1S/C13H13ClF3N3/c1-8(18)7-9-3-2-4-10(14)12(9)20-6-5-11(19-20)13(15,16)17/h2-6,8H,7,18H2,1H3. The third-order valence-corrected chi connectivity index (χ3v) is 3.03. The van der Waals surface area contributed by atoms with Gasteiger partial charge in [0.25, 0.3) is 0 Å². The normalized spacial score (nSPS) is 13.5. The van der Waals surface area contributed by atoms with Crippen LogP contribution in [0.15, 0.2) is 30.5 Å². The Kier molecular flexibility index (Phi) is 4.06. The molecule has 2 N–H and O–H groups in total. The molecule has 0 aliphatic carbocycles. The molecule has 108 valence electrons. The highest BCUT2D eigenvalue weighted by Crippen LogP contribution is 2.30. The van der Waals surface area contributed by atoms with E-state index in [0.717, 1.165) is 16.3 Å². The number of para-hydroxylation sites is 1. The molecule has 7 heteroatoms. The van der Waals surface area contributed by atoms with Crippen molar-refractivity contribution in [1.29, 1.82) is 0 Å². The van der Waals surface area contributed by atoms with Crippen molar-refractivity contribution in [2.24, 2.45) is 5.73 Å². The summed E-state index contributed by atoms with van der Waals surface area (Å²) in [6, 6.07) is 5.90. The zero-order valence-corrected chi connectivity index (χ0v) is 11.4. The second kappa shape index (κ2) is 5.46. The molecular formula is C13H13ClF3N3. The summed E-state index contributed by atoms with van der Waals surface area (Å²) in [6.07, 6.45) is -2.74. The summed E-state index contributed by atoms with van der Waals surface area (Å²) < 4.78 is 38.9. The number of aromatic nitrogens is 2. The number of nitrogens with two attached hydrogens (primary N) is 1. The highest BCUT2D eigenvalue weighted by Gasteiger charge is 2.33. The van der Waals surface area contributed by atoms with Crippen molar-refractivity contribution in [2.75, 3.05) is 0 Å². The summed E-state index contributed by atoms with van der Waals surface area (Å²) in [5.74, 6) is 0. The van der Waals surface area contributed by atoms with Gasteiger partial charge in [-0.3, -0.25) is 0 Å². The van der Waals surface area contributed by atoms with Gasteiger partial charge in [-0.05, 0) is 31.0 Å². The smallest absolute Gasteiger partial charge is 0.328 e. The minimum absolute atomic E-state index is 0.134. The Morgan fingerprint density at radius 3 is 2.60 bits per heavy atom. The summed E-state index contributed by atoms with van der Waals surface area (Å²) in [6.45, 7) is 1.81. The van der Waals surface area contributed by atoms with Crippen LogP contribution in [-0.2, 0) is 12.6 Å². The van der Waals surface area contributed by atoms with Crippen molar-refractivity contribution in [3.05, 3.63) is 46.7 Å². The van der Waals surface area contributed by atoms with Crippen LogP contribution >= 0.6 is 11.6 Å². The summed E-state index contributed by atoms with van der Waals surface area (Å²) >= 11 is 6.09. The van der Waals surface area contributed by atoms with Gasteiger partial charge < -0.3 is 5.73 Å². The monoisotopic (exact) mass is 303 g/mol. The van der Waals surface area contributed by atoms with E-state index in [-0.39, 0.29) is 6.04 Å². The summed E-state index contributed by atoms with van der Waals surface area (Å²) in [7, 11) is 0. The molecule has 0 radical (unpaired) electrons. The van der Waals surface area contributed by atoms with E-state index >= 15 is 0 Å². The van der Waals surface area contributed by atoms with Crippen LogP contribution in [0, 0.1) is 0 Å². The Labute approximate surface area is 119 Å². The van der Waals surface area contributed by atoms with Gasteiger partial charge in [0.1, 0.15) is 0 Å². The lowest BCUT2D eigenvalue weighted by atomic mass is 10.1. The molecule has 2 aromatic rings. The molecule has 0 saturated carbocycles. The largest absolute Gasteiger partial charge is 0.435 e. The number of nitrogens with zero attached hydrogens (tertiary/aromatic N) is 2. The Balaban J connectivity index is 2.49. The van der Waals surface area contributed by atoms with Crippen LogP contribution < -0.4 is 5.73 Å². The van der Waals surface area contributed by atoms with Crippen molar-refractivity contribution < 1.29 is 13.2 Å². The van der Waals surface area contributed by atoms with Crippen LogP contribution in [0.3, 0.4) is 0 Å². The number of benzene rings is 1. The fourth-order valence-electron chi connectivity index (χ4n) is 1.93. The molecule has 2 rings (SSSR count). The van der Waals surface area contributed by atoms with Crippen molar-refractivity contribution in [3.63, 3.8) is 0 Å². The molecule has 1 aromatic heterocycles. The molecule has 0 fully saturated rings. The topological polar surface area (TPSA) is 43.8 Å². The first-order chi connectivity index (χ1) is 9.29. The highest BCUT2D eigenvalue weighted by molar-refractivity contribution is 6.32. The van der Waals surface area contributed by atoms with Gasteiger partial charge in [0.15, 0.2) is 5.69 Å². The number of hydrogen-bond donors (Lipinski definition) is 1. The van der Waals surface area contributed by atoms with Gasteiger partial charge in [-0.25, -0.2) is 4.68 Å². The number of halogens is 4. The Bertz CT molecular complexity index is 605. The van der Waals surface area contributed by atoms with Gasteiger partial charge in [0.2, 0.25) is 0 Å². The van der Waals surface area contributed by atoms with E-state index < -0.39 is 11.9 Å². The van der Waals surface area contributed by atoms with Crippen molar-refractivity contribution in [2.45, 2.75) is 25.6 Å². The van der Waals surface area contributed by atoms with Crippen molar-refractivity contribution >= 4 is 11.6 Å². The molecule has 0 saturated heterocycles. The molecule has 1 atom stereocenters. The van der Waals surface area contributed by atoms with Crippen LogP contribution in [-0.4, -0.2) is 15.8 Å². The molecule has 1 aromatic carbocycles. The molecule has 0 bridgehead atoms. The molecular weight excluding hydrogens is 291 g/mol. The van der Waals surface area contributed by atoms with E-state index in [9.17, 15) is 13.2 Å². The van der Waals surface area contributed by atoms with Gasteiger partial charge in [0.05, 0.1) is 10.7 Å². The highest BCUT2D eigenvalue weighted by atomic mass is 35.5. The van der Waals surface area contributed by atoms with Crippen LogP contribution in [0.2, 0.25) is 5.02 Å². The minimum Gasteiger partial charge on any atom is -0.328 e. The Morgan fingerprint density at radius 1 is 1.35 bits per heavy atom. The van der Waals surface area contributed by atoms with Crippen LogP contribution in [0.25, 0.3) is 5.69 Å². The van der Waals surface area contributed by atoms with Crippen molar-refractivity contribution in [3.8, 4) is 5.69 Å². The maximum Gasteiger partial charge on any atom is 0.435 e. The maximum atomic E-state index is 12.6. The van der Waals surface area contributed by atoms with Gasteiger partial charge in [-0.15, -0.1) is 0 Å². The van der Waals surface area contributed by atoms with Crippen LogP contribution in [0.5, 0.6) is 0 Å². The maximum absolute atomic E-state index is 12.6. The lowest BCUT2D eigenvalue weighted by molar-refractivity contribution is -0.141. The predicted molar refractivity (Wildman–Crippen MR) is 70.9 cm³/mol. The molecule has 3 nitrogen and oxygen atoms in total. The third kappa shape index (κ3) is 3.13. The average molecular weight is 304 g/mol. The number of hydrogen-bond acceptors (Lipinski definition) is 2. The zero-order valence-electron chi connectivity index (χ0n) is 10.7. The SMILES string of the molecule is CC(N)Cc1cccc(Cl)c1-n1ccc(C(F)(F)F)n1. The van der Waals surface area contributed by atoms with Gasteiger partial charge >= 0.3 is 6.18 Å². The van der Waals surface area contributed by atoms with E-state index in [1.807, 2.05) is 6.92 Å². The quantitative estimate of drug-likeness (QED) is 0.944. The molecule has 1 heterocycles. The first-order valence-electron chi connectivity index (χ1n) is 5.95. The summed E-state index contributed by atoms with van der Waals surface area (Å²) in [4.78, 5) is 0. The molecule has 0 aliphatic rings.